The number of rotatable bonds is 4. The Balaban J connectivity index is 1.40. The molecule has 2 aromatic carbocycles. The van der Waals surface area contributed by atoms with Crippen LogP contribution in [0.1, 0.15) is 18.4 Å². The number of hydrogen-bond donors (Lipinski definition) is 0. The number of halogens is 3. The van der Waals surface area contributed by atoms with Gasteiger partial charge in [-0.3, -0.25) is 13.9 Å². The van der Waals surface area contributed by atoms with Gasteiger partial charge in [0, 0.05) is 18.3 Å². The number of nitrogens with zero attached hydrogens (tertiary/aromatic N) is 5. The van der Waals surface area contributed by atoms with Crippen molar-refractivity contribution in [1.29, 1.82) is 0 Å². The Labute approximate surface area is 215 Å². The Hall–Kier alpha value is -4.34. The lowest BCUT2D eigenvalue weighted by Crippen LogP contribution is -2.46. The number of carbonyl (C=O) groups excluding carboxylic acids is 1. The second-order valence-electron chi connectivity index (χ2n) is 9.57. The van der Waals surface area contributed by atoms with Gasteiger partial charge in [-0.2, -0.15) is 18.3 Å². The van der Waals surface area contributed by atoms with Crippen molar-refractivity contribution in [2.45, 2.75) is 38.5 Å². The van der Waals surface area contributed by atoms with Gasteiger partial charge < -0.3 is 4.90 Å². The maximum Gasteiger partial charge on any atom is 0.408 e. The molecule has 1 atom stereocenters. The molecule has 6 rings (SSSR count). The van der Waals surface area contributed by atoms with Gasteiger partial charge in [0.15, 0.2) is 0 Å². The number of amides is 1. The second-order valence-corrected chi connectivity index (χ2v) is 9.57. The van der Waals surface area contributed by atoms with E-state index >= 15 is 0 Å². The highest BCUT2D eigenvalue weighted by Gasteiger charge is 2.47. The van der Waals surface area contributed by atoms with Crippen LogP contribution in [0.3, 0.4) is 0 Å². The summed E-state index contributed by atoms with van der Waals surface area (Å²) < 4.78 is 45.0. The number of likely N-dealkylation sites (tertiary alicyclic amines) is 1. The molecule has 1 saturated heterocycles. The lowest BCUT2D eigenvalue weighted by atomic mass is 10.1. The lowest BCUT2D eigenvalue weighted by molar-refractivity contribution is -0.182. The number of fused-ring (bicyclic) bond motifs is 2. The molecule has 1 fully saturated rings. The molecule has 0 spiro atoms. The number of benzene rings is 2. The van der Waals surface area contributed by atoms with Crippen molar-refractivity contribution in [2.24, 2.45) is 0 Å². The lowest BCUT2D eigenvalue weighted by Gasteiger charge is -2.26. The zero-order valence-electron chi connectivity index (χ0n) is 20.5. The molecule has 194 valence electrons. The van der Waals surface area contributed by atoms with E-state index < -0.39 is 30.4 Å². The first-order chi connectivity index (χ1) is 18.2. The van der Waals surface area contributed by atoms with Gasteiger partial charge in [-0.25, -0.2) is 9.31 Å². The Morgan fingerprint density at radius 1 is 1.03 bits per heavy atom. The third-order valence-corrected chi connectivity index (χ3v) is 7.26. The maximum atomic E-state index is 13.7. The molecule has 0 N–H and O–H groups in total. The smallest absolute Gasteiger partial charge is 0.329 e. The number of carbonyl (C=O) groups is 1. The summed E-state index contributed by atoms with van der Waals surface area (Å²) in [5, 5.41) is 4.38. The summed E-state index contributed by atoms with van der Waals surface area (Å²) >= 11 is 0. The molecule has 0 bridgehead atoms. The molecular weight excluding hydrogens is 495 g/mol. The van der Waals surface area contributed by atoms with E-state index in [4.69, 9.17) is 0 Å². The molecule has 38 heavy (non-hydrogen) atoms. The number of aryl methyl sites for hydroxylation is 1. The summed E-state index contributed by atoms with van der Waals surface area (Å²) in [7, 11) is 0. The molecule has 7 nitrogen and oxygen atoms in total. The Bertz CT molecular complexity index is 1730. The Kier molecular flexibility index (Phi) is 5.62. The first-order valence-electron chi connectivity index (χ1n) is 12.3. The molecule has 5 aromatic rings. The average Bonchev–Trinajstić information content (AvgIpc) is 3.62. The van der Waals surface area contributed by atoms with Gasteiger partial charge in [-0.15, -0.1) is 0 Å². The summed E-state index contributed by atoms with van der Waals surface area (Å²) in [5.41, 5.74) is 4.85. The molecular formula is C28H24F3N5O2. The first kappa shape index (κ1) is 24.0. The number of para-hydroxylation sites is 1. The van der Waals surface area contributed by atoms with E-state index in [1.54, 1.807) is 22.8 Å². The third kappa shape index (κ3) is 3.87. The van der Waals surface area contributed by atoms with Crippen LogP contribution in [0.15, 0.2) is 77.9 Å². The van der Waals surface area contributed by atoms with Crippen molar-refractivity contribution in [2.75, 3.05) is 6.54 Å². The molecule has 0 unspecified atom stereocenters. The van der Waals surface area contributed by atoms with Crippen LogP contribution in [-0.4, -0.2) is 48.3 Å². The molecule has 0 aliphatic carbocycles. The topological polar surface area (TPSA) is 64.5 Å². The fourth-order valence-corrected chi connectivity index (χ4v) is 5.44. The van der Waals surface area contributed by atoms with Gasteiger partial charge in [0.05, 0.1) is 28.4 Å². The van der Waals surface area contributed by atoms with Crippen LogP contribution in [0.25, 0.3) is 33.4 Å². The van der Waals surface area contributed by atoms with Gasteiger partial charge in [0.2, 0.25) is 5.91 Å². The molecule has 0 saturated carbocycles. The molecule has 3 aromatic heterocycles. The minimum absolute atomic E-state index is 0.0282. The third-order valence-electron chi connectivity index (χ3n) is 7.26. The number of pyridine rings is 1. The van der Waals surface area contributed by atoms with E-state index in [9.17, 15) is 22.8 Å². The SMILES string of the molecule is Cc1cccc2c1n(-c1ccc(-c3cnn4ccccc34)cc1)c(=O)n2CC(=O)N1CCC[C@H]1C(F)(F)F. The maximum absolute atomic E-state index is 13.7. The summed E-state index contributed by atoms with van der Waals surface area (Å²) in [6.45, 7) is 1.43. The first-order valence-corrected chi connectivity index (χ1v) is 12.3. The minimum atomic E-state index is -4.50. The minimum Gasteiger partial charge on any atom is -0.329 e. The van der Waals surface area contributed by atoms with Crippen molar-refractivity contribution in [3.63, 3.8) is 0 Å². The molecule has 0 radical (unpaired) electrons. The van der Waals surface area contributed by atoms with E-state index in [0.717, 1.165) is 27.1 Å². The summed E-state index contributed by atoms with van der Waals surface area (Å²) in [6, 6.07) is 16.8. The molecule has 1 aliphatic rings. The Morgan fingerprint density at radius 2 is 1.79 bits per heavy atom. The summed E-state index contributed by atoms with van der Waals surface area (Å²) in [6.07, 6.45) is -0.686. The van der Waals surface area contributed by atoms with Gasteiger partial charge in [-0.05, 0) is 61.2 Å². The zero-order chi connectivity index (χ0) is 26.6. The number of alkyl halides is 3. The zero-order valence-corrected chi connectivity index (χ0v) is 20.5. The Morgan fingerprint density at radius 3 is 2.55 bits per heavy atom. The standard InChI is InChI=1S/C28H24F3N5O2/c1-18-6-4-8-23-26(18)36(27(38)34(23)17-25(37)33-14-5-9-24(33)28(29,30)31)20-12-10-19(11-13-20)21-16-32-35-15-3-2-7-22(21)35/h2-4,6-8,10-13,15-16,24H,5,9,14,17H2,1H3/t24-/m0/s1. The monoisotopic (exact) mass is 519 g/mol. The van der Waals surface area contributed by atoms with Crippen molar-refractivity contribution in [3.05, 3.63) is 89.1 Å². The van der Waals surface area contributed by atoms with Crippen LogP contribution in [-0.2, 0) is 11.3 Å². The fraction of sp³-hybridized carbons (Fsp3) is 0.250. The van der Waals surface area contributed by atoms with Gasteiger partial charge in [-0.1, -0.05) is 30.3 Å². The number of hydrogen-bond acceptors (Lipinski definition) is 3. The van der Waals surface area contributed by atoms with Gasteiger partial charge >= 0.3 is 11.9 Å². The summed E-state index contributed by atoms with van der Waals surface area (Å²) in [5.74, 6) is -0.712. The molecule has 1 aliphatic heterocycles. The van der Waals surface area contributed by atoms with Crippen LogP contribution >= 0.6 is 0 Å². The van der Waals surface area contributed by atoms with Crippen molar-refractivity contribution < 1.29 is 18.0 Å². The van der Waals surface area contributed by atoms with Crippen LogP contribution in [0, 0.1) is 6.92 Å². The molecule has 4 heterocycles. The van der Waals surface area contributed by atoms with Gasteiger partial charge in [0.1, 0.15) is 12.6 Å². The highest BCUT2D eigenvalue weighted by Crippen LogP contribution is 2.33. The number of imidazole rings is 1. The second kappa shape index (κ2) is 8.90. The van der Waals surface area contributed by atoms with E-state index in [1.807, 2.05) is 61.7 Å². The van der Waals surface area contributed by atoms with E-state index in [-0.39, 0.29) is 19.4 Å². The predicted molar refractivity (Wildman–Crippen MR) is 137 cm³/mol. The van der Waals surface area contributed by atoms with E-state index in [2.05, 4.69) is 5.10 Å². The highest BCUT2D eigenvalue weighted by atomic mass is 19.4. The van der Waals surface area contributed by atoms with E-state index in [0.29, 0.717) is 16.7 Å². The van der Waals surface area contributed by atoms with Crippen LogP contribution < -0.4 is 5.69 Å². The molecule has 10 heteroatoms. The highest BCUT2D eigenvalue weighted by molar-refractivity contribution is 5.85. The largest absolute Gasteiger partial charge is 0.408 e. The van der Waals surface area contributed by atoms with Crippen LogP contribution in [0.5, 0.6) is 0 Å². The average molecular weight is 520 g/mol. The summed E-state index contributed by atoms with van der Waals surface area (Å²) in [4.78, 5) is 27.6. The predicted octanol–water partition coefficient (Wildman–Crippen LogP) is 4.97. The van der Waals surface area contributed by atoms with E-state index in [1.165, 1.54) is 9.13 Å². The quantitative estimate of drug-likeness (QED) is 0.337. The normalized spacial score (nSPS) is 16.1. The number of aromatic nitrogens is 4. The van der Waals surface area contributed by atoms with Crippen LogP contribution in [0.2, 0.25) is 0 Å². The van der Waals surface area contributed by atoms with Crippen molar-refractivity contribution >= 4 is 22.5 Å². The molecule has 1 amide bonds. The van der Waals surface area contributed by atoms with Crippen LogP contribution in [0.4, 0.5) is 13.2 Å². The van der Waals surface area contributed by atoms with Crippen molar-refractivity contribution in [1.82, 2.24) is 23.6 Å². The fourth-order valence-electron chi connectivity index (χ4n) is 5.44. The van der Waals surface area contributed by atoms with Crippen molar-refractivity contribution in [3.8, 4) is 16.8 Å². The van der Waals surface area contributed by atoms with Gasteiger partial charge in [0.25, 0.3) is 0 Å².